The third kappa shape index (κ3) is 5.80. The molecule has 40 heavy (non-hydrogen) atoms. The molecule has 0 saturated heterocycles. The minimum atomic E-state index is -3.88. The quantitative estimate of drug-likeness (QED) is 0.124. The Labute approximate surface area is 232 Å². The molecule has 1 amide bonds. The van der Waals surface area contributed by atoms with Crippen molar-refractivity contribution in [2.24, 2.45) is 0 Å². The van der Waals surface area contributed by atoms with Crippen molar-refractivity contribution in [1.29, 1.82) is 0 Å². The molecule has 0 spiro atoms. The molecule has 208 valence electrons. The second-order valence-electron chi connectivity index (χ2n) is 9.59. The minimum absolute atomic E-state index is 0.129. The summed E-state index contributed by atoms with van der Waals surface area (Å²) >= 11 is 0. The maximum Gasteiger partial charge on any atom is 0.267 e. The van der Waals surface area contributed by atoms with Gasteiger partial charge in [0.15, 0.2) is 0 Å². The van der Waals surface area contributed by atoms with Crippen LogP contribution < -0.4 is 10.2 Å². The number of amides is 1. The van der Waals surface area contributed by atoms with Gasteiger partial charge in [0.05, 0.1) is 17.5 Å². The number of nitrogens with one attached hydrogen (secondary N) is 2. The molecule has 0 fully saturated rings. The SMILES string of the molecule is O=C(C=Cc1ccc2c(c1)CCC2N(CCc1c[nH]c2ccccc12)S(=O)(=O)c1ccc(OCCO)cc1)NO. The first kappa shape index (κ1) is 27.6. The van der Waals surface area contributed by atoms with E-state index in [1.54, 1.807) is 28.0 Å². The second kappa shape index (κ2) is 12.1. The maximum absolute atomic E-state index is 14.1. The van der Waals surface area contributed by atoms with Crippen LogP contribution in [0.3, 0.4) is 0 Å². The molecule has 0 radical (unpaired) electrons. The first-order valence-corrected chi connectivity index (χ1v) is 14.5. The van der Waals surface area contributed by atoms with Crippen LogP contribution in [0.15, 0.2) is 83.9 Å². The molecule has 0 saturated carbocycles. The lowest BCUT2D eigenvalue weighted by molar-refractivity contribution is -0.124. The summed E-state index contributed by atoms with van der Waals surface area (Å²) < 4.78 is 35.2. The fourth-order valence-electron chi connectivity index (χ4n) is 5.25. The van der Waals surface area contributed by atoms with Crippen molar-refractivity contribution in [2.75, 3.05) is 19.8 Å². The number of fused-ring (bicyclic) bond motifs is 2. The van der Waals surface area contributed by atoms with Gasteiger partial charge in [-0.05, 0) is 77.9 Å². The van der Waals surface area contributed by atoms with Crippen molar-refractivity contribution in [1.82, 2.24) is 14.8 Å². The standard InChI is InChI=1S/C30H31N3O6S/c34-17-18-39-24-8-10-25(11-9-24)40(37,38)33(16-15-23-20-31-28-4-2-1-3-26(23)28)29-13-7-22-19-21(5-12-27(22)29)6-14-30(35)32-36/h1-6,8-12,14,19-20,29,31,34,36H,7,13,15-18H2,(H,32,35). The average molecular weight is 562 g/mol. The first-order valence-electron chi connectivity index (χ1n) is 13.1. The smallest absolute Gasteiger partial charge is 0.267 e. The van der Waals surface area contributed by atoms with Crippen molar-refractivity contribution >= 4 is 32.9 Å². The fourth-order valence-corrected chi connectivity index (χ4v) is 6.88. The molecule has 0 aliphatic heterocycles. The Bertz CT molecular complexity index is 1630. The number of carbonyl (C=O) groups is 1. The topological polar surface area (TPSA) is 132 Å². The number of sulfonamides is 1. The molecule has 1 atom stereocenters. The first-order chi connectivity index (χ1) is 19.4. The largest absolute Gasteiger partial charge is 0.491 e. The van der Waals surface area contributed by atoms with Crippen molar-refractivity contribution < 1.29 is 28.3 Å². The zero-order valence-corrected chi connectivity index (χ0v) is 22.6. The van der Waals surface area contributed by atoms with Crippen LogP contribution in [0.1, 0.15) is 34.7 Å². The number of aromatic amines is 1. The van der Waals surface area contributed by atoms with E-state index in [4.69, 9.17) is 15.1 Å². The number of aryl methyl sites for hydroxylation is 1. The number of para-hydroxylation sites is 1. The fraction of sp³-hybridized carbons (Fsp3) is 0.233. The Hall–Kier alpha value is -3.96. The number of H-pyrrole nitrogens is 1. The number of aromatic nitrogens is 1. The van der Waals surface area contributed by atoms with Crippen molar-refractivity contribution in [2.45, 2.75) is 30.2 Å². The Kier molecular flexibility index (Phi) is 8.32. The molecule has 9 nitrogen and oxygen atoms in total. The van der Waals surface area contributed by atoms with Gasteiger partial charge in [0.2, 0.25) is 10.0 Å². The predicted molar refractivity (Wildman–Crippen MR) is 151 cm³/mol. The van der Waals surface area contributed by atoms with E-state index >= 15 is 0 Å². The van der Waals surface area contributed by atoms with E-state index in [1.807, 2.05) is 48.7 Å². The molecule has 1 aliphatic rings. The van der Waals surface area contributed by atoms with E-state index in [2.05, 4.69) is 4.98 Å². The Morgan fingerprint density at radius 1 is 1.12 bits per heavy atom. The number of rotatable bonds is 11. The Morgan fingerprint density at radius 3 is 2.70 bits per heavy atom. The number of hydrogen-bond donors (Lipinski definition) is 4. The summed E-state index contributed by atoms with van der Waals surface area (Å²) in [7, 11) is -3.88. The number of aliphatic hydroxyl groups excluding tert-OH is 1. The van der Waals surface area contributed by atoms with E-state index in [0.717, 1.165) is 33.2 Å². The summed E-state index contributed by atoms with van der Waals surface area (Å²) in [6.45, 7) is 0.286. The van der Waals surface area contributed by atoms with Crippen LogP contribution in [0, 0.1) is 0 Å². The number of hydroxylamine groups is 1. The van der Waals surface area contributed by atoms with Crippen LogP contribution in [-0.4, -0.2) is 53.7 Å². The summed E-state index contributed by atoms with van der Waals surface area (Å²) in [5, 5.41) is 18.8. The lowest BCUT2D eigenvalue weighted by Crippen LogP contribution is -2.35. The van der Waals surface area contributed by atoms with Gasteiger partial charge in [-0.3, -0.25) is 10.0 Å². The molecule has 4 aromatic rings. The maximum atomic E-state index is 14.1. The predicted octanol–water partition coefficient (Wildman–Crippen LogP) is 3.98. The van der Waals surface area contributed by atoms with Crippen molar-refractivity contribution in [3.8, 4) is 5.75 Å². The number of carbonyl (C=O) groups excluding carboxylic acids is 1. The zero-order valence-electron chi connectivity index (χ0n) is 21.8. The van der Waals surface area contributed by atoms with E-state index in [9.17, 15) is 13.2 Å². The van der Waals surface area contributed by atoms with Crippen LogP contribution >= 0.6 is 0 Å². The minimum Gasteiger partial charge on any atom is -0.491 e. The summed E-state index contributed by atoms with van der Waals surface area (Å²) in [5.41, 5.74) is 6.37. The van der Waals surface area contributed by atoms with E-state index < -0.39 is 15.9 Å². The van der Waals surface area contributed by atoms with Gasteiger partial charge in [0.25, 0.3) is 5.91 Å². The molecular formula is C30H31N3O6S. The van der Waals surface area contributed by atoms with E-state index in [-0.39, 0.29) is 30.7 Å². The second-order valence-corrected chi connectivity index (χ2v) is 11.5. The number of benzene rings is 3. The number of ether oxygens (including phenoxy) is 1. The van der Waals surface area contributed by atoms with Crippen LogP contribution in [0.4, 0.5) is 0 Å². The molecule has 0 bridgehead atoms. The summed E-state index contributed by atoms with van der Waals surface area (Å²) in [6, 6.07) is 19.6. The van der Waals surface area contributed by atoms with E-state index in [1.165, 1.54) is 18.2 Å². The van der Waals surface area contributed by atoms with Gasteiger partial charge in [0, 0.05) is 29.7 Å². The highest BCUT2D eigenvalue weighted by atomic mass is 32.2. The third-order valence-electron chi connectivity index (χ3n) is 7.16. The molecule has 1 heterocycles. The summed E-state index contributed by atoms with van der Waals surface area (Å²) in [5.74, 6) is -0.138. The highest BCUT2D eigenvalue weighted by molar-refractivity contribution is 7.89. The summed E-state index contributed by atoms with van der Waals surface area (Å²) in [4.78, 5) is 14.8. The summed E-state index contributed by atoms with van der Waals surface area (Å²) in [6.07, 6.45) is 6.63. The van der Waals surface area contributed by atoms with Gasteiger partial charge < -0.3 is 14.8 Å². The molecular weight excluding hydrogens is 530 g/mol. The van der Waals surface area contributed by atoms with Gasteiger partial charge in [-0.25, -0.2) is 13.9 Å². The molecule has 3 aromatic carbocycles. The Balaban J connectivity index is 1.47. The van der Waals surface area contributed by atoms with Gasteiger partial charge in [-0.1, -0.05) is 36.4 Å². The highest BCUT2D eigenvalue weighted by Gasteiger charge is 2.36. The zero-order chi connectivity index (χ0) is 28.1. The third-order valence-corrected chi connectivity index (χ3v) is 9.09. The number of nitrogens with zero attached hydrogens (tertiary/aromatic N) is 1. The van der Waals surface area contributed by atoms with Crippen molar-refractivity contribution in [3.63, 3.8) is 0 Å². The monoisotopic (exact) mass is 561 g/mol. The van der Waals surface area contributed by atoms with Gasteiger partial charge in [-0.15, -0.1) is 0 Å². The van der Waals surface area contributed by atoms with E-state index in [0.29, 0.717) is 25.0 Å². The highest BCUT2D eigenvalue weighted by Crippen LogP contribution is 2.40. The van der Waals surface area contributed by atoms with Crippen LogP contribution in [0.5, 0.6) is 5.75 Å². The van der Waals surface area contributed by atoms with Gasteiger partial charge in [-0.2, -0.15) is 4.31 Å². The molecule has 4 N–H and O–H groups in total. The van der Waals surface area contributed by atoms with Gasteiger partial charge >= 0.3 is 0 Å². The lowest BCUT2D eigenvalue weighted by atomic mass is 10.0. The molecule has 1 aliphatic carbocycles. The number of hydrogen-bond acceptors (Lipinski definition) is 6. The van der Waals surface area contributed by atoms with Gasteiger partial charge in [0.1, 0.15) is 12.4 Å². The van der Waals surface area contributed by atoms with Crippen LogP contribution in [-0.2, 0) is 27.7 Å². The number of aliphatic hydroxyl groups is 1. The van der Waals surface area contributed by atoms with Crippen LogP contribution in [0.25, 0.3) is 17.0 Å². The molecule has 10 heteroatoms. The molecule has 5 rings (SSSR count). The normalized spacial score (nSPS) is 15.1. The molecule has 1 unspecified atom stereocenters. The van der Waals surface area contributed by atoms with Crippen LogP contribution in [0.2, 0.25) is 0 Å². The lowest BCUT2D eigenvalue weighted by Gasteiger charge is -2.29. The van der Waals surface area contributed by atoms with Crippen molar-refractivity contribution in [3.05, 3.63) is 101 Å². The average Bonchev–Trinajstić information content (AvgIpc) is 3.59. The molecule has 1 aromatic heterocycles. The Morgan fingerprint density at radius 2 is 1.93 bits per heavy atom.